The molecular weight excluding hydrogens is 289 g/mol. The number of anilines is 1. The van der Waals surface area contributed by atoms with Crippen LogP contribution in [-0.2, 0) is 4.79 Å². The van der Waals surface area contributed by atoms with Crippen molar-refractivity contribution in [3.05, 3.63) is 27.7 Å². The Morgan fingerprint density at radius 1 is 1.50 bits per heavy atom. The molecule has 0 aliphatic rings. The lowest BCUT2D eigenvalue weighted by Crippen LogP contribution is -2.12. The molecule has 0 radical (unpaired) electrons. The van der Waals surface area contributed by atoms with Gasteiger partial charge in [-0.3, -0.25) is 4.79 Å². The summed E-state index contributed by atoms with van der Waals surface area (Å²) in [5.41, 5.74) is 0.762. The van der Waals surface area contributed by atoms with Crippen molar-refractivity contribution in [2.24, 2.45) is 5.92 Å². The molecule has 0 heterocycles. The SMILES string of the molecule is CC(C)CCC(=O)Nc1ccc(Cl)cc1Br. The average molecular weight is 305 g/mol. The molecule has 4 heteroatoms. The fourth-order valence-corrected chi connectivity index (χ4v) is 2.01. The Balaban J connectivity index is 2.56. The molecule has 0 aliphatic carbocycles. The molecule has 0 fully saturated rings. The van der Waals surface area contributed by atoms with E-state index in [2.05, 4.69) is 35.1 Å². The van der Waals surface area contributed by atoms with Gasteiger partial charge in [0.05, 0.1) is 5.69 Å². The van der Waals surface area contributed by atoms with E-state index in [1.54, 1.807) is 18.2 Å². The van der Waals surface area contributed by atoms with Crippen molar-refractivity contribution >= 4 is 39.1 Å². The summed E-state index contributed by atoms with van der Waals surface area (Å²) in [4.78, 5) is 11.6. The monoisotopic (exact) mass is 303 g/mol. The molecule has 0 saturated carbocycles. The van der Waals surface area contributed by atoms with Crippen molar-refractivity contribution in [1.82, 2.24) is 0 Å². The van der Waals surface area contributed by atoms with Gasteiger partial charge in [-0.15, -0.1) is 0 Å². The van der Waals surface area contributed by atoms with Crippen LogP contribution in [0, 0.1) is 5.92 Å². The van der Waals surface area contributed by atoms with Crippen LogP contribution in [0.5, 0.6) is 0 Å². The van der Waals surface area contributed by atoms with E-state index < -0.39 is 0 Å². The number of hydrogen-bond acceptors (Lipinski definition) is 1. The van der Waals surface area contributed by atoms with Gasteiger partial charge in [0, 0.05) is 15.9 Å². The standard InChI is InChI=1S/C12H15BrClNO/c1-8(2)3-6-12(16)15-11-5-4-9(14)7-10(11)13/h4-5,7-8H,3,6H2,1-2H3,(H,15,16). The van der Waals surface area contributed by atoms with Crippen LogP contribution in [0.4, 0.5) is 5.69 Å². The molecule has 0 aliphatic heterocycles. The smallest absolute Gasteiger partial charge is 0.224 e. The van der Waals surface area contributed by atoms with Gasteiger partial charge in [0.2, 0.25) is 5.91 Å². The number of rotatable bonds is 4. The van der Waals surface area contributed by atoms with E-state index in [1.165, 1.54) is 0 Å². The van der Waals surface area contributed by atoms with Gasteiger partial charge >= 0.3 is 0 Å². The van der Waals surface area contributed by atoms with Gasteiger partial charge in [-0.1, -0.05) is 25.4 Å². The zero-order valence-electron chi connectivity index (χ0n) is 9.39. The van der Waals surface area contributed by atoms with E-state index >= 15 is 0 Å². The van der Waals surface area contributed by atoms with Crippen LogP contribution >= 0.6 is 27.5 Å². The minimum atomic E-state index is 0.0386. The quantitative estimate of drug-likeness (QED) is 0.873. The lowest BCUT2D eigenvalue weighted by Gasteiger charge is -2.08. The summed E-state index contributed by atoms with van der Waals surface area (Å²) in [5.74, 6) is 0.580. The molecule has 0 aromatic heterocycles. The molecule has 1 aromatic rings. The molecule has 16 heavy (non-hydrogen) atoms. The second-order valence-corrected chi connectivity index (χ2v) is 5.40. The van der Waals surface area contributed by atoms with Crippen molar-refractivity contribution < 1.29 is 4.79 Å². The van der Waals surface area contributed by atoms with Crippen molar-refractivity contribution in [2.75, 3.05) is 5.32 Å². The molecule has 88 valence electrons. The number of carbonyl (C=O) groups excluding carboxylic acids is 1. The Hall–Kier alpha value is -0.540. The number of benzene rings is 1. The summed E-state index contributed by atoms with van der Waals surface area (Å²) in [7, 11) is 0. The lowest BCUT2D eigenvalue weighted by atomic mass is 10.1. The molecule has 0 spiro atoms. The third kappa shape index (κ3) is 4.54. The van der Waals surface area contributed by atoms with Gasteiger partial charge in [-0.05, 0) is 46.5 Å². The zero-order chi connectivity index (χ0) is 12.1. The van der Waals surface area contributed by atoms with Gasteiger partial charge in [-0.2, -0.15) is 0 Å². The number of nitrogens with one attached hydrogen (secondary N) is 1. The second kappa shape index (κ2) is 6.26. The maximum Gasteiger partial charge on any atom is 0.224 e. The Bertz CT molecular complexity index is 379. The summed E-state index contributed by atoms with van der Waals surface area (Å²) < 4.78 is 0.804. The third-order valence-electron chi connectivity index (χ3n) is 2.15. The van der Waals surface area contributed by atoms with Crippen LogP contribution in [-0.4, -0.2) is 5.91 Å². The highest BCUT2D eigenvalue weighted by atomic mass is 79.9. The Morgan fingerprint density at radius 3 is 2.75 bits per heavy atom. The van der Waals surface area contributed by atoms with E-state index in [-0.39, 0.29) is 5.91 Å². The highest BCUT2D eigenvalue weighted by Crippen LogP contribution is 2.26. The van der Waals surface area contributed by atoms with Crippen LogP contribution in [0.2, 0.25) is 5.02 Å². The number of carbonyl (C=O) groups is 1. The predicted octanol–water partition coefficient (Wildman–Crippen LogP) is 4.48. The van der Waals surface area contributed by atoms with E-state index in [1.807, 2.05) is 0 Å². The first kappa shape index (κ1) is 13.5. The Morgan fingerprint density at radius 2 is 2.19 bits per heavy atom. The highest BCUT2D eigenvalue weighted by Gasteiger charge is 2.06. The van der Waals surface area contributed by atoms with Crippen LogP contribution in [0.3, 0.4) is 0 Å². The van der Waals surface area contributed by atoms with Crippen LogP contribution in [0.15, 0.2) is 22.7 Å². The average Bonchev–Trinajstić information content (AvgIpc) is 2.19. The van der Waals surface area contributed by atoms with Crippen molar-refractivity contribution in [1.29, 1.82) is 0 Å². The molecule has 1 rings (SSSR count). The predicted molar refractivity (Wildman–Crippen MR) is 71.9 cm³/mol. The maximum absolute atomic E-state index is 11.6. The van der Waals surface area contributed by atoms with Gasteiger partial charge < -0.3 is 5.32 Å². The number of halogens is 2. The van der Waals surface area contributed by atoms with E-state index in [9.17, 15) is 4.79 Å². The summed E-state index contributed by atoms with van der Waals surface area (Å²) in [6, 6.07) is 5.31. The number of hydrogen-bond donors (Lipinski definition) is 1. The molecular formula is C12H15BrClNO. The van der Waals surface area contributed by atoms with Crippen molar-refractivity contribution in [3.8, 4) is 0 Å². The van der Waals surface area contributed by atoms with Gasteiger partial charge in [0.15, 0.2) is 0 Å². The third-order valence-corrected chi connectivity index (χ3v) is 3.05. The first-order valence-corrected chi connectivity index (χ1v) is 6.41. The van der Waals surface area contributed by atoms with E-state index in [0.717, 1.165) is 16.6 Å². The molecule has 0 unspecified atom stereocenters. The van der Waals surface area contributed by atoms with Gasteiger partial charge in [0.1, 0.15) is 0 Å². The minimum absolute atomic E-state index is 0.0386. The lowest BCUT2D eigenvalue weighted by molar-refractivity contribution is -0.116. The summed E-state index contributed by atoms with van der Waals surface area (Å²) >= 11 is 9.17. The normalized spacial score (nSPS) is 10.6. The van der Waals surface area contributed by atoms with E-state index in [4.69, 9.17) is 11.6 Å². The summed E-state index contributed by atoms with van der Waals surface area (Å²) in [6.45, 7) is 4.21. The molecule has 2 nitrogen and oxygen atoms in total. The fourth-order valence-electron chi connectivity index (χ4n) is 1.22. The molecule has 1 aromatic carbocycles. The maximum atomic E-state index is 11.6. The van der Waals surface area contributed by atoms with Crippen molar-refractivity contribution in [2.45, 2.75) is 26.7 Å². The Labute approximate surface area is 110 Å². The molecule has 0 bridgehead atoms. The fraction of sp³-hybridized carbons (Fsp3) is 0.417. The molecule has 1 N–H and O–H groups in total. The number of amides is 1. The summed E-state index contributed by atoms with van der Waals surface area (Å²) in [6.07, 6.45) is 1.45. The minimum Gasteiger partial charge on any atom is -0.325 e. The van der Waals surface area contributed by atoms with Crippen LogP contribution in [0.1, 0.15) is 26.7 Å². The van der Waals surface area contributed by atoms with Crippen LogP contribution in [0.25, 0.3) is 0 Å². The first-order valence-electron chi connectivity index (χ1n) is 5.24. The zero-order valence-corrected chi connectivity index (χ0v) is 11.7. The largest absolute Gasteiger partial charge is 0.325 e. The molecule has 0 atom stereocenters. The van der Waals surface area contributed by atoms with Gasteiger partial charge in [-0.25, -0.2) is 0 Å². The summed E-state index contributed by atoms with van der Waals surface area (Å²) in [5, 5.41) is 3.49. The van der Waals surface area contributed by atoms with Crippen LogP contribution < -0.4 is 5.32 Å². The van der Waals surface area contributed by atoms with E-state index in [0.29, 0.717) is 17.4 Å². The molecule has 1 amide bonds. The van der Waals surface area contributed by atoms with Crippen molar-refractivity contribution in [3.63, 3.8) is 0 Å². The topological polar surface area (TPSA) is 29.1 Å². The molecule has 0 saturated heterocycles. The first-order chi connectivity index (χ1) is 7.49. The highest BCUT2D eigenvalue weighted by molar-refractivity contribution is 9.10. The second-order valence-electron chi connectivity index (χ2n) is 4.10. The Kier molecular flexibility index (Phi) is 5.29. The van der Waals surface area contributed by atoms with Gasteiger partial charge in [0.25, 0.3) is 0 Å².